The zero-order valence-electron chi connectivity index (χ0n) is 28.0. The van der Waals surface area contributed by atoms with Crippen LogP contribution in [-0.4, -0.2) is 105 Å². The van der Waals surface area contributed by atoms with Gasteiger partial charge in [-0.05, 0) is 80.5 Å². The first-order chi connectivity index (χ1) is 23.4. The highest BCUT2D eigenvalue weighted by atomic mass is 16.2. The van der Waals surface area contributed by atoms with Crippen molar-refractivity contribution in [2.24, 2.45) is 5.92 Å². The summed E-state index contributed by atoms with van der Waals surface area (Å²) in [5.74, 6) is -0.770. The van der Waals surface area contributed by atoms with Crippen molar-refractivity contribution in [3.8, 4) is 0 Å². The number of carbonyl (C=O) groups is 5. The number of nitrogens with one attached hydrogen (secondary N) is 2. The van der Waals surface area contributed by atoms with Gasteiger partial charge in [-0.1, -0.05) is 19.3 Å². The maximum atomic E-state index is 13.4. The minimum Gasteiger partial charge on any atom is -0.372 e. The van der Waals surface area contributed by atoms with E-state index >= 15 is 0 Å². The standard InChI is InChI=1S/C37H48N6O5/c1-38-35(46)33(8-5-23-44)43-36(47)31-14-13-30(24-32(31)37(43)48)42-21-19-40(20-22-42)25-26-15-17-41(18-16-26)29-11-9-27(10-12-29)34(45)39-28-6-3-2-4-7-28/h9-14,23-24,26,28,33H,2-8,15-22,25H2,1H3,(H,38,46)(H,39,45). The first kappa shape index (κ1) is 33.6. The van der Waals surface area contributed by atoms with Crippen LogP contribution in [0.4, 0.5) is 11.4 Å². The quantitative estimate of drug-likeness (QED) is 0.279. The van der Waals surface area contributed by atoms with E-state index in [0.717, 1.165) is 87.6 Å². The summed E-state index contributed by atoms with van der Waals surface area (Å²) < 4.78 is 0. The third-order valence-electron chi connectivity index (χ3n) is 10.6. The average Bonchev–Trinajstić information content (AvgIpc) is 3.37. The minimum absolute atomic E-state index is 0.0390. The molecule has 6 rings (SSSR count). The number of rotatable bonds is 11. The van der Waals surface area contributed by atoms with Crippen LogP contribution in [0.2, 0.25) is 0 Å². The van der Waals surface area contributed by atoms with Crippen molar-refractivity contribution in [3.63, 3.8) is 0 Å². The van der Waals surface area contributed by atoms with Gasteiger partial charge in [0.15, 0.2) is 0 Å². The molecule has 48 heavy (non-hydrogen) atoms. The molecule has 1 aliphatic carbocycles. The van der Waals surface area contributed by atoms with E-state index in [0.29, 0.717) is 29.4 Å². The lowest BCUT2D eigenvalue weighted by molar-refractivity contribution is -0.124. The lowest BCUT2D eigenvalue weighted by Gasteiger charge is -2.40. The summed E-state index contributed by atoms with van der Waals surface area (Å²) >= 11 is 0. The van der Waals surface area contributed by atoms with E-state index in [1.807, 2.05) is 18.2 Å². The zero-order valence-corrected chi connectivity index (χ0v) is 28.0. The molecule has 3 heterocycles. The van der Waals surface area contributed by atoms with Gasteiger partial charge < -0.3 is 25.2 Å². The van der Waals surface area contributed by atoms with Crippen LogP contribution in [0.25, 0.3) is 0 Å². The number of fused-ring (bicyclic) bond motifs is 1. The van der Waals surface area contributed by atoms with Crippen molar-refractivity contribution in [2.45, 2.75) is 69.9 Å². The molecule has 11 nitrogen and oxygen atoms in total. The van der Waals surface area contributed by atoms with Crippen molar-refractivity contribution >= 4 is 41.3 Å². The lowest BCUT2D eigenvalue weighted by atomic mass is 9.95. The molecule has 4 aliphatic rings. The molecule has 2 N–H and O–H groups in total. The third-order valence-corrected chi connectivity index (χ3v) is 10.6. The number of amides is 4. The second kappa shape index (κ2) is 15.3. The van der Waals surface area contributed by atoms with Gasteiger partial charge in [0.2, 0.25) is 5.91 Å². The Hall–Kier alpha value is -4.25. The molecule has 3 aliphatic heterocycles. The number of anilines is 2. The molecule has 256 valence electrons. The predicted molar refractivity (Wildman–Crippen MR) is 184 cm³/mol. The molecule has 11 heteroatoms. The number of piperazine rings is 1. The second-order valence-electron chi connectivity index (χ2n) is 13.7. The Morgan fingerprint density at radius 1 is 0.812 bits per heavy atom. The molecular formula is C37H48N6O5. The number of carbonyl (C=O) groups excluding carboxylic acids is 5. The van der Waals surface area contributed by atoms with E-state index in [4.69, 9.17) is 0 Å². The molecule has 1 saturated carbocycles. The van der Waals surface area contributed by atoms with E-state index in [9.17, 15) is 24.0 Å². The van der Waals surface area contributed by atoms with Crippen LogP contribution < -0.4 is 20.4 Å². The van der Waals surface area contributed by atoms with Crippen LogP contribution >= 0.6 is 0 Å². The first-order valence-corrected chi connectivity index (χ1v) is 17.7. The van der Waals surface area contributed by atoms with E-state index in [-0.39, 0.29) is 18.7 Å². The largest absolute Gasteiger partial charge is 0.372 e. The van der Waals surface area contributed by atoms with Crippen LogP contribution in [0.5, 0.6) is 0 Å². The monoisotopic (exact) mass is 656 g/mol. The molecule has 0 aromatic heterocycles. The molecule has 0 radical (unpaired) electrons. The Bertz CT molecular complexity index is 1490. The number of nitrogens with zero attached hydrogens (tertiary/aromatic N) is 4. The average molecular weight is 657 g/mol. The third kappa shape index (κ3) is 7.41. The van der Waals surface area contributed by atoms with Crippen molar-refractivity contribution in [1.82, 2.24) is 20.4 Å². The van der Waals surface area contributed by atoms with E-state index in [1.165, 1.54) is 32.0 Å². The fraction of sp³-hybridized carbons (Fsp3) is 0.541. The van der Waals surface area contributed by atoms with Gasteiger partial charge >= 0.3 is 0 Å². The maximum Gasteiger partial charge on any atom is 0.262 e. The van der Waals surface area contributed by atoms with E-state index < -0.39 is 23.8 Å². The second-order valence-corrected chi connectivity index (χ2v) is 13.7. The Kier molecular flexibility index (Phi) is 10.7. The highest BCUT2D eigenvalue weighted by Gasteiger charge is 2.42. The van der Waals surface area contributed by atoms with Gasteiger partial charge in [-0.15, -0.1) is 0 Å². The fourth-order valence-corrected chi connectivity index (χ4v) is 7.76. The molecule has 0 bridgehead atoms. The molecule has 2 aromatic rings. The summed E-state index contributed by atoms with van der Waals surface area (Å²) in [5.41, 5.74) is 3.42. The molecular weight excluding hydrogens is 608 g/mol. The summed E-state index contributed by atoms with van der Waals surface area (Å²) in [5, 5.41) is 5.72. The van der Waals surface area contributed by atoms with Crippen molar-refractivity contribution in [1.29, 1.82) is 0 Å². The van der Waals surface area contributed by atoms with Crippen LogP contribution in [0.1, 0.15) is 88.9 Å². The first-order valence-electron chi connectivity index (χ1n) is 17.7. The smallest absolute Gasteiger partial charge is 0.262 e. The highest BCUT2D eigenvalue weighted by molar-refractivity contribution is 6.23. The van der Waals surface area contributed by atoms with Crippen LogP contribution in [0, 0.1) is 5.92 Å². The number of likely N-dealkylation sites (N-methyl/N-ethyl adjacent to an activating group) is 1. The number of hydrogen-bond donors (Lipinski definition) is 2. The molecule has 4 amide bonds. The lowest BCUT2D eigenvalue weighted by Crippen LogP contribution is -2.49. The van der Waals surface area contributed by atoms with Gasteiger partial charge in [-0.3, -0.25) is 29.0 Å². The zero-order chi connectivity index (χ0) is 33.6. The van der Waals surface area contributed by atoms with Gasteiger partial charge in [0, 0.05) is 82.3 Å². The SMILES string of the molecule is CNC(=O)C(CCC=O)N1C(=O)c2ccc(N3CCN(CC4CCN(c5ccc(C(=O)NC6CCCCC6)cc5)CC4)CC3)cc2C1=O. The topological polar surface area (TPSA) is 122 Å². The summed E-state index contributed by atoms with van der Waals surface area (Å²) in [6, 6.07) is 12.7. The van der Waals surface area contributed by atoms with E-state index in [1.54, 1.807) is 12.1 Å². The molecule has 2 saturated heterocycles. The van der Waals surface area contributed by atoms with Gasteiger partial charge in [0.1, 0.15) is 12.3 Å². The van der Waals surface area contributed by atoms with Crippen molar-refractivity contribution in [2.75, 3.05) is 62.7 Å². The summed E-state index contributed by atoms with van der Waals surface area (Å²) in [6.45, 7) is 6.57. The van der Waals surface area contributed by atoms with Gasteiger partial charge in [-0.25, -0.2) is 0 Å². The van der Waals surface area contributed by atoms with Crippen LogP contribution in [-0.2, 0) is 9.59 Å². The molecule has 1 atom stereocenters. The Labute approximate surface area is 283 Å². The Balaban J connectivity index is 0.967. The Morgan fingerprint density at radius 3 is 2.12 bits per heavy atom. The van der Waals surface area contributed by atoms with Crippen molar-refractivity contribution in [3.05, 3.63) is 59.2 Å². The number of aldehydes is 1. The number of piperidine rings is 1. The minimum atomic E-state index is -1.02. The van der Waals surface area contributed by atoms with Crippen molar-refractivity contribution < 1.29 is 24.0 Å². The summed E-state index contributed by atoms with van der Waals surface area (Å²) in [4.78, 5) is 70.9. The number of imide groups is 1. The predicted octanol–water partition coefficient (Wildman–Crippen LogP) is 3.48. The summed E-state index contributed by atoms with van der Waals surface area (Å²) in [7, 11) is 1.45. The normalized spacial score (nSPS) is 20.1. The fourth-order valence-electron chi connectivity index (χ4n) is 7.76. The highest BCUT2D eigenvalue weighted by Crippen LogP contribution is 2.31. The number of benzene rings is 2. The molecule has 0 spiro atoms. The summed E-state index contributed by atoms with van der Waals surface area (Å²) in [6.07, 6.45) is 8.97. The number of hydrogen-bond acceptors (Lipinski definition) is 8. The van der Waals surface area contributed by atoms with Gasteiger partial charge in [-0.2, -0.15) is 0 Å². The maximum absolute atomic E-state index is 13.4. The molecule has 3 fully saturated rings. The van der Waals surface area contributed by atoms with Crippen LogP contribution in [0.3, 0.4) is 0 Å². The van der Waals surface area contributed by atoms with Gasteiger partial charge in [0.25, 0.3) is 17.7 Å². The molecule has 2 aromatic carbocycles. The van der Waals surface area contributed by atoms with Crippen LogP contribution in [0.15, 0.2) is 42.5 Å². The van der Waals surface area contributed by atoms with Gasteiger partial charge in [0.05, 0.1) is 11.1 Å². The molecule has 1 unspecified atom stereocenters. The van der Waals surface area contributed by atoms with E-state index in [2.05, 4.69) is 37.5 Å². The Morgan fingerprint density at radius 2 is 1.46 bits per heavy atom.